The molecule has 1 rings (SSSR count). The Balaban J connectivity index is 2.47. The molecule has 0 aromatic rings. The summed E-state index contributed by atoms with van der Waals surface area (Å²) in [7, 11) is 3.83. The molecule has 1 aliphatic rings. The van der Waals surface area contributed by atoms with Crippen molar-refractivity contribution in [1.82, 2.24) is 10.2 Å². The van der Waals surface area contributed by atoms with Crippen molar-refractivity contribution in [1.29, 1.82) is 0 Å². The molecule has 1 fully saturated rings. The third-order valence-electron chi connectivity index (χ3n) is 4.50. The molecule has 2 N–H and O–H groups in total. The summed E-state index contributed by atoms with van der Waals surface area (Å²) < 4.78 is 0. The molecule has 4 nitrogen and oxygen atoms in total. The zero-order valence-electron chi connectivity index (χ0n) is 12.2. The first-order valence-electron chi connectivity index (χ1n) is 7.01. The summed E-state index contributed by atoms with van der Waals surface area (Å²) >= 11 is 0. The highest BCUT2D eigenvalue weighted by Gasteiger charge is 2.34. The molecule has 0 amide bonds. The zero-order valence-corrected chi connectivity index (χ0v) is 12.2. The Morgan fingerprint density at radius 3 is 2.50 bits per heavy atom. The van der Waals surface area contributed by atoms with Crippen LogP contribution in [0.1, 0.15) is 46.0 Å². The summed E-state index contributed by atoms with van der Waals surface area (Å²) in [5, 5.41) is 12.2. The fourth-order valence-electron chi connectivity index (χ4n) is 2.82. The van der Waals surface area contributed by atoms with Crippen molar-refractivity contribution in [2.45, 2.75) is 57.5 Å². The van der Waals surface area contributed by atoms with Crippen LogP contribution in [-0.4, -0.2) is 48.2 Å². The van der Waals surface area contributed by atoms with Gasteiger partial charge in [0, 0.05) is 12.6 Å². The van der Waals surface area contributed by atoms with E-state index in [1.165, 1.54) is 25.7 Å². The average molecular weight is 256 g/mol. The van der Waals surface area contributed by atoms with Gasteiger partial charge in [0.15, 0.2) is 0 Å². The van der Waals surface area contributed by atoms with Gasteiger partial charge in [0.05, 0.1) is 0 Å². The monoisotopic (exact) mass is 256 g/mol. The van der Waals surface area contributed by atoms with Crippen molar-refractivity contribution in [2.75, 3.05) is 20.6 Å². The molecule has 2 atom stereocenters. The number of likely N-dealkylation sites (N-methyl/N-ethyl adjacent to an activating group) is 1. The third-order valence-corrected chi connectivity index (χ3v) is 4.50. The Kier molecular flexibility index (Phi) is 5.60. The van der Waals surface area contributed by atoms with Crippen LogP contribution in [-0.2, 0) is 4.79 Å². The van der Waals surface area contributed by atoms with E-state index in [0.29, 0.717) is 6.42 Å². The van der Waals surface area contributed by atoms with Crippen LogP contribution in [0.15, 0.2) is 0 Å². The minimum atomic E-state index is -0.830. The standard InChI is InChI=1S/C14H28N2O2/c1-11(9-14(2,15-3)13(17)18)16(4)10-12-7-5-6-8-12/h11-12,15H,5-10H2,1-4H3,(H,17,18). The van der Waals surface area contributed by atoms with Crippen molar-refractivity contribution in [3.8, 4) is 0 Å². The van der Waals surface area contributed by atoms with Crippen LogP contribution in [0, 0.1) is 5.92 Å². The Bertz CT molecular complexity index is 277. The highest BCUT2D eigenvalue weighted by atomic mass is 16.4. The van der Waals surface area contributed by atoms with E-state index < -0.39 is 11.5 Å². The lowest BCUT2D eigenvalue weighted by Crippen LogP contribution is -2.51. The molecule has 0 radical (unpaired) electrons. The fourth-order valence-corrected chi connectivity index (χ4v) is 2.82. The van der Waals surface area contributed by atoms with Crippen molar-refractivity contribution < 1.29 is 9.90 Å². The number of carboxylic acids is 1. The summed E-state index contributed by atoms with van der Waals surface area (Å²) in [4.78, 5) is 13.6. The summed E-state index contributed by atoms with van der Waals surface area (Å²) in [6.45, 7) is 4.98. The third kappa shape index (κ3) is 3.95. The van der Waals surface area contributed by atoms with Gasteiger partial charge in [-0.05, 0) is 53.1 Å². The van der Waals surface area contributed by atoms with Gasteiger partial charge in [-0.2, -0.15) is 0 Å². The van der Waals surface area contributed by atoms with Crippen molar-refractivity contribution in [2.24, 2.45) is 5.92 Å². The van der Waals surface area contributed by atoms with E-state index in [2.05, 4.69) is 24.2 Å². The van der Waals surface area contributed by atoms with E-state index in [0.717, 1.165) is 12.5 Å². The number of nitrogens with zero attached hydrogens (tertiary/aromatic N) is 1. The number of hydrogen-bond acceptors (Lipinski definition) is 3. The first-order valence-corrected chi connectivity index (χ1v) is 7.01. The summed E-state index contributed by atoms with van der Waals surface area (Å²) in [6, 6.07) is 0.277. The topological polar surface area (TPSA) is 52.6 Å². The molecule has 4 heteroatoms. The highest BCUT2D eigenvalue weighted by Crippen LogP contribution is 2.26. The number of carboxylic acid groups (broad SMARTS) is 1. The van der Waals surface area contributed by atoms with Crippen molar-refractivity contribution in [3.63, 3.8) is 0 Å². The van der Waals surface area contributed by atoms with E-state index in [1.54, 1.807) is 14.0 Å². The van der Waals surface area contributed by atoms with E-state index in [9.17, 15) is 9.90 Å². The molecule has 0 bridgehead atoms. The molecule has 0 heterocycles. The molecular formula is C14H28N2O2. The molecule has 1 saturated carbocycles. The molecule has 0 aliphatic heterocycles. The minimum absolute atomic E-state index is 0.277. The number of aliphatic carboxylic acids is 1. The van der Waals surface area contributed by atoms with Gasteiger partial charge in [0.1, 0.15) is 5.54 Å². The van der Waals surface area contributed by atoms with Gasteiger partial charge in [-0.1, -0.05) is 12.8 Å². The van der Waals surface area contributed by atoms with E-state index >= 15 is 0 Å². The SMILES string of the molecule is CNC(C)(CC(C)N(C)CC1CCCC1)C(=O)O. The maximum atomic E-state index is 11.3. The van der Waals surface area contributed by atoms with Gasteiger partial charge in [0.2, 0.25) is 0 Å². The van der Waals surface area contributed by atoms with Gasteiger partial charge < -0.3 is 15.3 Å². The number of nitrogens with one attached hydrogen (secondary N) is 1. The summed E-state index contributed by atoms with van der Waals surface area (Å²) in [5.74, 6) is 0.0363. The van der Waals surface area contributed by atoms with Gasteiger partial charge in [-0.3, -0.25) is 4.79 Å². The smallest absolute Gasteiger partial charge is 0.323 e. The zero-order chi connectivity index (χ0) is 13.8. The highest BCUT2D eigenvalue weighted by molar-refractivity contribution is 5.78. The lowest BCUT2D eigenvalue weighted by atomic mass is 9.93. The second-order valence-electron chi connectivity index (χ2n) is 6.03. The molecule has 106 valence electrons. The van der Waals surface area contributed by atoms with Crippen LogP contribution >= 0.6 is 0 Å². The molecule has 0 spiro atoms. The fraction of sp³-hybridized carbons (Fsp3) is 0.929. The summed E-state index contributed by atoms with van der Waals surface area (Å²) in [5.41, 5.74) is -0.830. The molecule has 2 unspecified atom stereocenters. The van der Waals surface area contributed by atoms with Crippen molar-refractivity contribution in [3.05, 3.63) is 0 Å². The maximum absolute atomic E-state index is 11.3. The molecule has 0 aromatic heterocycles. The molecule has 0 saturated heterocycles. The number of rotatable bonds is 7. The molecular weight excluding hydrogens is 228 g/mol. The second kappa shape index (κ2) is 6.53. The van der Waals surface area contributed by atoms with Crippen LogP contribution in [0.25, 0.3) is 0 Å². The van der Waals surface area contributed by atoms with Crippen LogP contribution < -0.4 is 5.32 Å². The number of hydrogen-bond donors (Lipinski definition) is 2. The Hall–Kier alpha value is -0.610. The van der Waals surface area contributed by atoms with Crippen LogP contribution in [0.5, 0.6) is 0 Å². The van der Waals surface area contributed by atoms with Crippen LogP contribution in [0.3, 0.4) is 0 Å². The van der Waals surface area contributed by atoms with Crippen LogP contribution in [0.2, 0.25) is 0 Å². The molecule has 0 aromatic carbocycles. The Morgan fingerprint density at radius 1 is 1.50 bits per heavy atom. The van der Waals surface area contributed by atoms with Gasteiger partial charge in [0.25, 0.3) is 0 Å². The van der Waals surface area contributed by atoms with Gasteiger partial charge in [-0.25, -0.2) is 0 Å². The quantitative estimate of drug-likeness (QED) is 0.731. The second-order valence-corrected chi connectivity index (χ2v) is 6.03. The molecule has 18 heavy (non-hydrogen) atoms. The first-order chi connectivity index (χ1) is 8.39. The van der Waals surface area contributed by atoms with Crippen molar-refractivity contribution >= 4 is 5.97 Å². The van der Waals surface area contributed by atoms with E-state index in [1.807, 2.05) is 0 Å². The number of carbonyl (C=O) groups is 1. The maximum Gasteiger partial charge on any atom is 0.323 e. The predicted molar refractivity (Wildman–Crippen MR) is 73.8 cm³/mol. The average Bonchev–Trinajstić information content (AvgIpc) is 2.81. The van der Waals surface area contributed by atoms with Crippen LogP contribution in [0.4, 0.5) is 0 Å². The van der Waals surface area contributed by atoms with E-state index in [-0.39, 0.29) is 6.04 Å². The van der Waals surface area contributed by atoms with E-state index in [4.69, 9.17) is 0 Å². The Morgan fingerprint density at radius 2 is 2.06 bits per heavy atom. The van der Waals surface area contributed by atoms with Gasteiger partial charge in [-0.15, -0.1) is 0 Å². The largest absolute Gasteiger partial charge is 0.480 e. The lowest BCUT2D eigenvalue weighted by Gasteiger charge is -2.33. The Labute approximate surface area is 111 Å². The minimum Gasteiger partial charge on any atom is -0.480 e. The predicted octanol–water partition coefficient (Wildman–Crippen LogP) is 1.95. The van der Waals surface area contributed by atoms with Gasteiger partial charge >= 0.3 is 5.97 Å². The lowest BCUT2D eigenvalue weighted by molar-refractivity contribution is -0.144. The normalized spacial score (nSPS) is 22.1. The molecule has 1 aliphatic carbocycles. The first kappa shape index (κ1) is 15.4. The summed E-state index contributed by atoms with van der Waals surface area (Å²) in [6.07, 6.45) is 6.01.